The van der Waals surface area contributed by atoms with Crippen LogP contribution in [0.3, 0.4) is 0 Å². The topological polar surface area (TPSA) is 79.5 Å². The fourth-order valence-corrected chi connectivity index (χ4v) is 2.65. The van der Waals surface area contributed by atoms with E-state index in [9.17, 15) is 14.7 Å². The highest BCUT2D eigenvalue weighted by atomic mass is 32.1. The van der Waals surface area contributed by atoms with Gasteiger partial charge in [0.2, 0.25) is 5.91 Å². The van der Waals surface area contributed by atoms with E-state index in [4.69, 9.17) is 4.42 Å². The minimum atomic E-state index is -1.28. The second kappa shape index (κ2) is 6.89. The molecule has 0 saturated carbocycles. The molecule has 1 amide bonds. The van der Waals surface area contributed by atoms with Gasteiger partial charge in [-0.2, -0.15) is 0 Å². The number of hydrogen-bond donors (Lipinski definition) is 2. The maximum atomic E-state index is 11.8. The lowest BCUT2D eigenvalue weighted by Crippen LogP contribution is -2.38. The van der Waals surface area contributed by atoms with Crippen LogP contribution in [0.1, 0.15) is 41.0 Å². The van der Waals surface area contributed by atoms with Gasteiger partial charge >= 0.3 is 0 Å². The summed E-state index contributed by atoms with van der Waals surface area (Å²) >= 11 is 1.37. The van der Waals surface area contributed by atoms with E-state index in [0.717, 1.165) is 0 Å². The molecule has 1 atom stereocenters. The number of thiophene rings is 1. The van der Waals surface area contributed by atoms with Crippen LogP contribution >= 0.6 is 11.3 Å². The predicted molar refractivity (Wildman–Crippen MR) is 83.9 cm³/mol. The monoisotopic (exact) mass is 321 g/mol. The molecular weight excluding hydrogens is 302 g/mol. The lowest BCUT2D eigenvalue weighted by Gasteiger charge is -2.21. The Hall–Kier alpha value is -1.92. The number of hydrogen-bond acceptors (Lipinski definition) is 5. The molecule has 118 valence electrons. The summed E-state index contributed by atoms with van der Waals surface area (Å²) in [4.78, 5) is 24.3. The van der Waals surface area contributed by atoms with Crippen molar-refractivity contribution in [3.63, 3.8) is 0 Å². The maximum Gasteiger partial charge on any atom is 0.220 e. The molecule has 2 aromatic rings. The van der Waals surface area contributed by atoms with Gasteiger partial charge in [0.25, 0.3) is 0 Å². The van der Waals surface area contributed by atoms with Gasteiger partial charge in [-0.3, -0.25) is 9.59 Å². The van der Waals surface area contributed by atoms with Gasteiger partial charge in [-0.15, -0.1) is 11.3 Å². The van der Waals surface area contributed by atoms with Crippen LogP contribution in [-0.4, -0.2) is 23.3 Å². The summed E-state index contributed by atoms with van der Waals surface area (Å²) in [6, 6.07) is 6.99. The summed E-state index contributed by atoms with van der Waals surface area (Å²) in [6.45, 7) is 3.39. The Kier molecular flexibility index (Phi) is 5.15. The molecule has 0 aliphatic heterocycles. The highest BCUT2D eigenvalue weighted by Crippen LogP contribution is 2.22. The highest BCUT2D eigenvalue weighted by molar-refractivity contribution is 7.12. The summed E-state index contributed by atoms with van der Waals surface area (Å²) in [6.07, 6.45) is 0.262. The molecule has 0 bridgehead atoms. The molecule has 0 radical (unpaired) electrons. The van der Waals surface area contributed by atoms with Gasteiger partial charge in [0.15, 0.2) is 5.78 Å². The molecule has 5 nitrogen and oxygen atoms in total. The third-order valence-electron chi connectivity index (χ3n) is 3.28. The van der Waals surface area contributed by atoms with Gasteiger partial charge in [-0.1, -0.05) is 6.07 Å². The fraction of sp³-hybridized carbons (Fsp3) is 0.375. The quantitative estimate of drug-likeness (QED) is 0.768. The molecular formula is C16H19NO4S. The first-order chi connectivity index (χ1) is 10.4. The van der Waals surface area contributed by atoms with E-state index < -0.39 is 5.60 Å². The van der Waals surface area contributed by atoms with Crippen LogP contribution in [0.2, 0.25) is 0 Å². The Morgan fingerprint density at radius 1 is 1.32 bits per heavy atom. The Balaban J connectivity index is 1.79. The van der Waals surface area contributed by atoms with E-state index in [2.05, 4.69) is 5.32 Å². The number of amides is 1. The standard InChI is InChI=1S/C16H19NO4S/c1-11-5-7-14(21-11)16(2,20)10-17-15(19)8-6-12(18)13-4-3-9-22-13/h3-5,7,9,20H,6,8,10H2,1-2H3,(H,17,19). The van der Waals surface area contributed by atoms with Crippen LogP contribution in [0.25, 0.3) is 0 Å². The Morgan fingerprint density at radius 3 is 2.68 bits per heavy atom. The van der Waals surface area contributed by atoms with Crippen molar-refractivity contribution < 1.29 is 19.1 Å². The Morgan fingerprint density at radius 2 is 2.09 bits per heavy atom. The average Bonchev–Trinajstić information content (AvgIpc) is 3.14. The normalized spacial score (nSPS) is 13.6. The first-order valence-corrected chi connectivity index (χ1v) is 7.89. The molecule has 0 saturated heterocycles. The molecule has 0 aliphatic rings. The number of rotatable bonds is 7. The molecule has 6 heteroatoms. The van der Waals surface area contributed by atoms with Crippen molar-refractivity contribution in [3.8, 4) is 0 Å². The summed E-state index contributed by atoms with van der Waals surface area (Å²) in [5.74, 6) is 0.787. The number of aryl methyl sites for hydroxylation is 1. The van der Waals surface area contributed by atoms with Crippen LogP contribution in [0.5, 0.6) is 0 Å². The first kappa shape index (κ1) is 16.5. The zero-order valence-electron chi connectivity index (χ0n) is 12.6. The molecule has 2 heterocycles. The second-order valence-corrected chi connectivity index (χ2v) is 6.31. The van der Waals surface area contributed by atoms with Crippen LogP contribution in [0.15, 0.2) is 34.1 Å². The Labute approximate surface area is 133 Å². The molecule has 0 spiro atoms. The minimum absolute atomic E-state index is 0.0337. The predicted octanol–water partition coefficient (Wildman–Crippen LogP) is 2.64. The van der Waals surface area contributed by atoms with Gasteiger partial charge in [0.05, 0.1) is 11.4 Å². The molecule has 0 aromatic carbocycles. The van der Waals surface area contributed by atoms with Gasteiger partial charge in [-0.05, 0) is 37.4 Å². The number of carbonyl (C=O) groups is 2. The lowest BCUT2D eigenvalue weighted by atomic mass is 10.0. The Bertz CT molecular complexity index is 643. The maximum absolute atomic E-state index is 11.8. The van der Waals surface area contributed by atoms with Crippen LogP contribution < -0.4 is 5.32 Å². The summed E-state index contributed by atoms with van der Waals surface area (Å²) in [5.41, 5.74) is -1.28. The van der Waals surface area contributed by atoms with Gasteiger partial charge in [0, 0.05) is 12.8 Å². The van der Waals surface area contributed by atoms with Crippen molar-refractivity contribution in [2.45, 2.75) is 32.3 Å². The number of nitrogens with one attached hydrogen (secondary N) is 1. The highest BCUT2D eigenvalue weighted by Gasteiger charge is 2.27. The van der Waals surface area contributed by atoms with E-state index in [0.29, 0.717) is 16.4 Å². The lowest BCUT2D eigenvalue weighted by molar-refractivity contribution is -0.122. The van der Waals surface area contributed by atoms with Crippen molar-refractivity contribution in [3.05, 3.63) is 46.0 Å². The van der Waals surface area contributed by atoms with Gasteiger partial charge in [0.1, 0.15) is 17.1 Å². The average molecular weight is 321 g/mol. The number of furan rings is 1. The van der Waals surface area contributed by atoms with E-state index in [-0.39, 0.29) is 31.1 Å². The van der Waals surface area contributed by atoms with Gasteiger partial charge in [-0.25, -0.2) is 0 Å². The van der Waals surface area contributed by atoms with E-state index in [1.165, 1.54) is 11.3 Å². The van der Waals surface area contributed by atoms with E-state index in [1.807, 2.05) is 5.38 Å². The minimum Gasteiger partial charge on any atom is -0.463 e. The first-order valence-electron chi connectivity index (χ1n) is 7.01. The molecule has 0 fully saturated rings. The summed E-state index contributed by atoms with van der Waals surface area (Å²) < 4.78 is 5.37. The van der Waals surface area contributed by atoms with Crippen molar-refractivity contribution in [2.24, 2.45) is 0 Å². The SMILES string of the molecule is Cc1ccc(C(C)(O)CNC(=O)CCC(=O)c2cccs2)o1. The van der Waals surface area contributed by atoms with Gasteiger partial charge < -0.3 is 14.8 Å². The molecule has 22 heavy (non-hydrogen) atoms. The van der Waals surface area contributed by atoms with E-state index >= 15 is 0 Å². The third-order valence-corrected chi connectivity index (χ3v) is 4.19. The van der Waals surface area contributed by atoms with Crippen molar-refractivity contribution in [2.75, 3.05) is 6.54 Å². The number of ketones is 1. The molecule has 2 N–H and O–H groups in total. The third kappa shape index (κ3) is 4.29. The fourth-order valence-electron chi connectivity index (χ4n) is 1.96. The van der Waals surface area contributed by atoms with Crippen LogP contribution in [0.4, 0.5) is 0 Å². The second-order valence-electron chi connectivity index (χ2n) is 5.36. The van der Waals surface area contributed by atoms with Crippen LogP contribution in [-0.2, 0) is 10.4 Å². The van der Waals surface area contributed by atoms with Crippen molar-refractivity contribution in [1.29, 1.82) is 0 Å². The zero-order valence-corrected chi connectivity index (χ0v) is 13.4. The summed E-state index contributed by atoms with van der Waals surface area (Å²) in [7, 11) is 0. The van der Waals surface area contributed by atoms with Crippen molar-refractivity contribution >= 4 is 23.0 Å². The van der Waals surface area contributed by atoms with Crippen LogP contribution in [0, 0.1) is 6.92 Å². The molecule has 2 aromatic heterocycles. The summed E-state index contributed by atoms with van der Waals surface area (Å²) in [5, 5.41) is 14.8. The largest absolute Gasteiger partial charge is 0.463 e. The number of carbonyl (C=O) groups excluding carboxylic acids is 2. The van der Waals surface area contributed by atoms with Crippen molar-refractivity contribution in [1.82, 2.24) is 5.32 Å². The number of Topliss-reactive ketones (excluding diaryl/α,β-unsaturated/α-hetero) is 1. The molecule has 2 rings (SSSR count). The molecule has 0 aliphatic carbocycles. The number of aliphatic hydroxyl groups is 1. The smallest absolute Gasteiger partial charge is 0.220 e. The van der Waals surface area contributed by atoms with E-state index in [1.54, 1.807) is 38.1 Å². The zero-order chi connectivity index (χ0) is 16.2. The molecule has 1 unspecified atom stereocenters.